The molecule has 0 amide bonds. The van der Waals surface area contributed by atoms with Crippen molar-refractivity contribution in [2.45, 2.75) is 282 Å². The van der Waals surface area contributed by atoms with Gasteiger partial charge >= 0.3 is 0 Å². The highest BCUT2D eigenvalue weighted by Crippen LogP contribution is 2.22. The van der Waals surface area contributed by atoms with Gasteiger partial charge in [0.1, 0.15) is 0 Å². The number of rotatable bonds is 44. The Labute approximate surface area is 367 Å². The van der Waals surface area contributed by atoms with Gasteiger partial charge < -0.3 is 30.6 Å². The lowest BCUT2D eigenvalue weighted by Crippen LogP contribution is -2.55. The van der Waals surface area contributed by atoms with E-state index in [1.807, 2.05) is 0 Å². The van der Waals surface area contributed by atoms with Crippen LogP contribution in [0.15, 0.2) is 0 Å². The van der Waals surface area contributed by atoms with E-state index < -0.39 is 59.8 Å². The number of carbonyl (C=O) groups excluding carboxylic acids is 4. The Morgan fingerprint density at radius 2 is 0.517 bits per heavy atom. The smallest absolute Gasteiger partial charge is 0.178 e. The van der Waals surface area contributed by atoms with Crippen LogP contribution in [0.3, 0.4) is 0 Å². The monoisotopic (exact) mass is 857 g/mol. The molecule has 0 bridgehead atoms. The molecular weight excluding hydrogens is 761 g/mol. The standard InChI is InChI=1S/C27H52O5.C23H44O5/c1-3-5-7-9-11-13-15-17-19-21-24(29)26(31)27(32,23-28)25(30)22-20-18-16-14-12-10-8-6-4-2;1-3-5-7-9-11-13-15-17-20(25)22(27)23(28,19-24)21(26)18-16-14-12-10-8-6-4-2/h26,28,31-32H,3-23H2,1-2H3;22,24,27-28H,3-19H2,1-2H3. The number of unbranched alkanes of at least 4 members (excludes halogenated alkanes) is 28. The van der Waals surface area contributed by atoms with E-state index in [0.717, 1.165) is 77.0 Å². The molecule has 0 fully saturated rings. The summed E-state index contributed by atoms with van der Waals surface area (Å²) >= 11 is 0. The molecule has 0 aliphatic rings. The molecule has 10 nitrogen and oxygen atoms in total. The van der Waals surface area contributed by atoms with E-state index in [-0.39, 0.29) is 25.7 Å². The Balaban J connectivity index is 0. The van der Waals surface area contributed by atoms with Gasteiger partial charge in [-0.1, -0.05) is 207 Å². The van der Waals surface area contributed by atoms with Crippen molar-refractivity contribution in [3.05, 3.63) is 0 Å². The summed E-state index contributed by atoms with van der Waals surface area (Å²) in [6.45, 7) is 6.88. The van der Waals surface area contributed by atoms with Gasteiger partial charge in [-0.25, -0.2) is 0 Å². The first-order valence-electron chi connectivity index (χ1n) is 25.0. The summed E-state index contributed by atoms with van der Waals surface area (Å²) in [5.41, 5.74) is -4.73. The predicted octanol–water partition coefficient (Wildman–Crippen LogP) is 10.5. The van der Waals surface area contributed by atoms with Crippen molar-refractivity contribution < 1.29 is 49.8 Å². The maximum Gasteiger partial charge on any atom is 0.178 e. The van der Waals surface area contributed by atoms with Gasteiger partial charge in [0, 0.05) is 25.7 Å². The van der Waals surface area contributed by atoms with Crippen LogP contribution >= 0.6 is 0 Å². The maximum absolute atomic E-state index is 12.5. The maximum atomic E-state index is 12.5. The molecule has 0 spiro atoms. The van der Waals surface area contributed by atoms with Crippen LogP contribution in [0.2, 0.25) is 0 Å². The quantitative estimate of drug-likeness (QED) is 0.0322. The number of carbonyl (C=O) groups is 4. The Kier molecular flexibility index (Phi) is 41.8. The zero-order chi connectivity index (χ0) is 45.3. The van der Waals surface area contributed by atoms with Crippen LogP contribution < -0.4 is 0 Å². The molecular formula is C50H96O10. The second kappa shape index (κ2) is 41.5. The summed E-state index contributed by atoms with van der Waals surface area (Å²) in [4.78, 5) is 49.3. The van der Waals surface area contributed by atoms with E-state index in [9.17, 15) is 49.8 Å². The molecule has 356 valence electrons. The van der Waals surface area contributed by atoms with Crippen LogP contribution in [0.1, 0.15) is 259 Å². The molecule has 10 heteroatoms. The third kappa shape index (κ3) is 29.7. The fraction of sp³-hybridized carbons (Fsp3) is 0.920. The van der Waals surface area contributed by atoms with E-state index >= 15 is 0 Å². The molecule has 0 aromatic heterocycles. The molecule has 0 heterocycles. The van der Waals surface area contributed by atoms with Gasteiger partial charge in [-0.3, -0.25) is 19.2 Å². The van der Waals surface area contributed by atoms with E-state index in [1.165, 1.54) is 103 Å². The van der Waals surface area contributed by atoms with Gasteiger partial charge in [0.2, 0.25) is 0 Å². The minimum Gasteiger partial charge on any atom is -0.393 e. The zero-order valence-corrected chi connectivity index (χ0v) is 39.3. The Morgan fingerprint density at radius 3 is 0.717 bits per heavy atom. The van der Waals surface area contributed by atoms with Gasteiger partial charge in [-0.2, -0.15) is 0 Å². The summed E-state index contributed by atoms with van der Waals surface area (Å²) in [5, 5.41) is 60.5. The van der Waals surface area contributed by atoms with Crippen molar-refractivity contribution >= 4 is 23.1 Å². The second-order valence-corrected chi connectivity index (χ2v) is 17.6. The summed E-state index contributed by atoms with van der Waals surface area (Å²) < 4.78 is 0. The SMILES string of the molecule is CCCCCCCCCC(=O)C(O)C(O)(CO)C(=O)CCCCCCCCC.CCCCCCCCCCCC(=O)C(O)C(O)(CO)C(=O)CCCCCCCCCCC. The lowest BCUT2D eigenvalue weighted by Gasteiger charge is -2.29. The highest BCUT2D eigenvalue weighted by Gasteiger charge is 2.46. The third-order valence-electron chi connectivity index (χ3n) is 12.0. The van der Waals surface area contributed by atoms with Crippen LogP contribution in [0.4, 0.5) is 0 Å². The van der Waals surface area contributed by atoms with Crippen molar-refractivity contribution in [2.24, 2.45) is 0 Å². The van der Waals surface area contributed by atoms with Gasteiger partial charge in [-0.15, -0.1) is 0 Å². The summed E-state index contributed by atoms with van der Waals surface area (Å²) in [5.74, 6) is -2.37. The first-order valence-corrected chi connectivity index (χ1v) is 25.0. The molecule has 0 aromatic carbocycles. The Morgan fingerprint density at radius 1 is 0.333 bits per heavy atom. The van der Waals surface area contributed by atoms with E-state index in [4.69, 9.17) is 0 Å². The van der Waals surface area contributed by atoms with E-state index in [0.29, 0.717) is 25.7 Å². The molecule has 4 unspecified atom stereocenters. The second-order valence-electron chi connectivity index (χ2n) is 17.6. The Bertz CT molecular complexity index is 1030. The van der Waals surface area contributed by atoms with Crippen LogP contribution in [-0.2, 0) is 19.2 Å². The number of hydrogen-bond acceptors (Lipinski definition) is 10. The van der Waals surface area contributed by atoms with Crippen molar-refractivity contribution in [2.75, 3.05) is 13.2 Å². The summed E-state index contributed by atoms with van der Waals surface area (Å²) in [6.07, 6.45) is 31.3. The van der Waals surface area contributed by atoms with Gasteiger partial charge in [0.05, 0.1) is 13.2 Å². The number of hydrogen-bond donors (Lipinski definition) is 6. The molecule has 0 radical (unpaired) electrons. The molecule has 4 atom stereocenters. The van der Waals surface area contributed by atoms with Crippen LogP contribution in [0, 0.1) is 0 Å². The Hall–Kier alpha value is -1.56. The van der Waals surface area contributed by atoms with Crippen LogP contribution in [0.25, 0.3) is 0 Å². The highest BCUT2D eigenvalue weighted by molar-refractivity contribution is 5.96. The molecule has 0 aliphatic carbocycles. The normalized spacial score (nSPS) is 14.4. The zero-order valence-electron chi connectivity index (χ0n) is 39.3. The minimum absolute atomic E-state index is 0.0760. The van der Waals surface area contributed by atoms with Gasteiger partial charge in [-0.05, 0) is 25.7 Å². The van der Waals surface area contributed by atoms with Gasteiger partial charge in [0.25, 0.3) is 0 Å². The third-order valence-corrected chi connectivity index (χ3v) is 12.0. The van der Waals surface area contributed by atoms with E-state index in [1.54, 1.807) is 0 Å². The average molecular weight is 857 g/mol. The average Bonchev–Trinajstić information content (AvgIpc) is 3.25. The van der Waals surface area contributed by atoms with Crippen LogP contribution in [0.5, 0.6) is 0 Å². The number of aliphatic hydroxyl groups is 6. The van der Waals surface area contributed by atoms with E-state index in [2.05, 4.69) is 27.7 Å². The fourth-order valence-corrected chi connectivity index (χ4v) is 7.60. The van der Waals surface area contributed by atoms with Crippen molar-refractivity contribution in [3.8, 4) is 0 Å². The molecule has 0 aromatic rings. The van der Waals surface area contributed by atoms with Crippen molar-refractivity contribution in [1.82, 2.24) is 0 Å². The number of ketones is 4. The number of Topliss-reactive ketones (excluding diaryl/α,β-unsaturated/α-hetero) is 4. The first-order chi connectivity index (χ1) is 28.9. The highest BCUT2D eigenvalue weighted by atomic mass is 16.4. The summed E-state index contributed by atoms with van der Waals surface area (Å²) in [6, 6.07) is 0. The largest absolute Gasteiger partial charge is 0.393 e. The molecule has 6 N–H and O–H groups in total. The fourth-order valence-electron chi connectivity index (χ4n) is 7.60. The lowest BCUT2D eigenvalue weighted by atomic mass is 9.85. The van der Waals surface area contributed by atoms with Gasteiger partial charge in [0.15, 0.2) is 46.5 Å². The number of aliphatic hydroxyl groups excluding tert-OH is 4. The first kappa shape index (κ1) is 60.5. The predicted molar refractivity (Wildman–Crippen MR) is 245 cm³/mol. The molecule has 0 saturated heterocycles. The topological polar surface area (TPSA) is 190 Å². The van der Waals surface area contributed by atoms with Crippen LogP contribution in [-0.4, -0.2) is 90.4 Å². The summed E-state index contributed by atoms with van der Waals surface area (Å²) in [7, 11) is 0. The van der Waals surface area contributed by atoms with Crippen molar-refractivity contribution in [3.63, 3.8) is 0 Å². The molecule has 60 heavy (non-hydrogen) atoms. The van der Waals surface area contributed by atoms with Crippen molar-refractivity contribution in [1.29, 1.82) is 0 Å². The molecule has 0 aliphatic heterocycles. The lowest BCUT2D eigenvalue weighted by molar-refractivity contribution is -0.165. The molecule has 0 rings (SSSR count). The minimum atomic E-state index is -2.36. The molecule has 0 saturated carbocycles.